The number of imidazole rings is 1. The van der Waals surface area contributed by atoms with E-state index in [0.29, 0.717) is 5.82 Å². The van der Waals surface area contributed by atoms with Crippen molar-refractivity contribution in [2.75, 3.05) is 0 Å². The highest BCUT2D eigenvalue weighted by molar-refractivity contribution is 9.08. The van der Waals surface area contributed by atoms with E-state index < -0.39 is 6.43 Å². The van der Waals surface area contributed by atoms with Crippen LogP contribution in [0.3, 0.4) is 0 Å². The van der Waals surface area contributed by atoms with E-state index in [1.54, 1.807) is 6.92 Å². The lowest BCUT2D eigenvalue weighted by Gasteiger charge is -1.86. The van der Waals surface area contributed by atoms with Gasteiger partial charge in [0.05, 0.1) is 16.1 Å². The number of hydrogen-bond donors (Lipinski definition) is 0. The Morgan fingerprint density at radius 2 is 2.30 bits per heavy atom. The molecule has 2 nitrogen and oxygen atoms in total. The number of aromatic nitrogens is 2. The topological polar surface area (TPSA) is 17.8 Å². The number of rotatable bonds is 1. The van der Waals surface area contributed by atoms with E-state index in [-0.39, 0.29) is 5.69 Å². The van der Waals surface area contributed by atoms with Crippen molar-refractivity contribution in [3.63, 3.8) is 0 Å². The van der Waals surface area contributed by atoms with E-state index >= 15 is 0 Å². The molecule has 0 aliphatic rings. The van der Waals surface area contributed by atoms with Crippen molar-refractivity contribution in [2.45, 2.75) is 13.3 Å². The van der Waals surface area contributed by atoms with Crippen molar-refractivity contribution in [3.05, 3.63) is 17.7 Å². The first-order valence-electron chi connectivity index (χ1n) is 2.61. The third kappa shape index (κ3) is 1.34. The molecule has 5 heteroatoms. The molecule has 56 valence electrons. The molecule has 0 aliphatic heterocycles. The summed E-state index contributed by atoms with van der Waals surface area (Å²) in [5.41, 5.74) is -0.200. The first-order valence-corrected chi connectivity index (χ1v) is 3.32. The zero-order valence-electron chi connectivity index (χ0n) is 5.18. The zero-order chi connectivity index (χ0) is 7.72. The molecule has 0 saturated heterocycles. The molecule has 1 aromatic heterocycles. The Kier molecular flexibility index (Phi) is 2.03. The molecular formula is C5H5BrF2N2. The summed E-state index contributed by atoms with van der Waals surface area (Å²) < 4.78 is 25.1. The van der Waals surface area contributed by atoms with Crippen LogP contribution in [-0.4, -0.2) is 8.58 Å². The standard InChI is InChI=1S/C5H5BrF2N2/c1-3-9-4(5(7)8)2-10(3)6/h2,5H,1H3. The van der Waals surface area contributed by atoms with Crippen molar-refractivity contribution < 1.29 is 8.78 Å². The molecule has 1 rings (SSSR count). The fourth-order valence-corrected chi connectivity index (χ4v) is 0.867. The van der Waals surface area contributed by atoms with Gasteiger partial charge in [0.15, 0.2) is 0 Å². The maximum atomic E-state index is 11.9. The largest absolute Gasteiger partial charge is 0.281 e. The van der Waals surface area contributed by atoms with Gasteiger partial charge in [-0.3, -0.25) is 3.59 Å². The lowest BCUT2D eigenvalue weighted by Crippen LogP contribution is -1.82. The molecule has 0 N–H and O–H groups in total. The number of aryl methyl sites for hydroxylation is 1. The van der Waals surface area contributed by atoms with Crippen LogP contribution in [0.4, 0.5) is 8.78 Å². The minimum absolute atomic E-state index is 0.200. The van der Waals surface area contributed by atoms with Crippen molar-refractivity contribution in [3.8, 4) is 0 Å². The minimum atomic E-state index is -2.49. The van der Waals surface area contributed by atoms with Gasteiger partial charge in [-0.25, -0.2) is 13.8 Å². The Hall–Kier alpha value is -0.450. The average Bonchev–Trinajstić information content (AvgIpc) is 2.13. The first kappa shape index (κ1) is 7.65. The van der Waals surface area contributed by atoms with Crippen LogP contribution in [0.25, 0.3) is 0 Å². The van der Waals surface area contributed by atoms with Gasteiger partial charge >= 0.3 is 0 Å². The van der Waals surface area contributed by atoms with E-state index in [0.717, 1.165) is 0 Å². The summed E-state index contributed by atoms with van der Waals surface area (Å²) in [5.74, 6) is 0.523. The summed E-state index contributed by atoms with van der Waals surface area (Å²) in [6.07, 6.45) is -1.24. The zero-order valence-corrected chi connectivity index (χ0v) is 6.77. The summed E-state index contributed by atoms with van der Waals surface area (Å²) >= 11 is 3.01. The Morgan fingerprint density at radius 1 is 1.70 bits per heavy atom. The van der Waals surface area contributed by atoms with E-state index in [4.69, 9.17) is 0 Å². The Bertz CT molecular complexity index is 214. The summed E-state index contributed by atoms with van der Waals surface area (Å²) in [6.45, 7) is 1.64. The smallest absolute Gasteiger partial charge is 0.270 e. The molecule has 0 bridgehead atoms. The Labute approximate surface area is 65.2 Å². The molecule has 10 heavy (non-hydrogen) atoms. The number of hydrogen-bond acceptors (Lipinski definition) is 1. The predicted molar refractivity (Wildman–Crippen MR) is 36.2 cm³/mol. The summed E-state index contributed by atoms with van der Waals surface area (Å²) in [6, 6.07) is 0. The highest BCUT2D eigenvalue weighted by atomic mass is 79.9. The number of alkyl halides is 2. The summed E-state index contributed by atoms with van der Waals surface area (Å²) in [4.78, 5) is 3.58. The van der Waals surface area contributed by atoms with Crippen LogP contribution in [0.1, 0.15) is 17.9 Å². The molecule has 0 aliphatic carbocycles. The van der Waals surface area contributed by atoms with Gasteiger partial charge < -0.3 is 0 Å². The van der Waals surface area contributed by atoms with Gasteiger partial charge in [-0.05, 0) is 6.92 Å². The van der Waals surface area contributed by atoms with E-state index in [1.807, 2.05) is 0 Å². The van der Waals surface area contributed by atoms with Crippen LogP contribution in [0.15, 0.2) is 6.20 Å². The van der Waals surface area contributed by atoms with Crippen molar-refractivity contribution in [2.24, 2.45) is 0 Å². The lowest BCUT2D eigenvalue weighted by molar-refractivity contribution is 0.146. The fourth-order valence-electron chi connectivity index (χ4n) is 0.578. The molecule has 0 radical (unpaired) electrons. The molecule has 0 atom stereocenters. The van der Waals surface area contributed by atoms with Crippen molar-refractivity contribution >= 4 is 16.1 Å². The van der Waals surface area contributed by atoms with Crippen LogP contribution >= 0.6 is 16.1 Å². The molecule has 0 fully saturated rings. The normalized spacial score (nSPS) is 10.9. The molecule has 0 aromatic carbocycles. The quantitative estimate of drug-likeness (QED) is 0.696. The molecule has 0 amide bonds. The monoisotopic (exact) mass is 210 g/mol. The maximum absolute atomic E-state index is 11.9. The second-order valence-electron chi connectivity index (χ2n) is 1.82. The predicted octanol–water partition coefficient (Wildman–Crippen LogP) is 2.29. The number of nitrogens with zero attached hydrogens (tertiary/aromatic N) is 2. The molecular weight excluding hydrogens is 206 g/mol. The minimum Gasteiger partial charge on any atom is -0.270 e. The fraction of sp³-hybridized carbons (Fsp3) is 0.400. The lowest BCUT2D eigenvalue weighted by atomic mass is 10.5. The SMILES string of the molecule is Cc1nc(C(F)F)cn1Br. The third-order valence-corrected chi connectivity index (χ3v) is 1.79. The highest BCUT2D eigenvalue weighted by Crippen LogP contribution is 2.18. The highest BCUT2D eigenvalue weighted by Gasteiger charge is 2.11. The Balaban J connectivity index is 2.98. The number of halogens is 3. The van der Waals surface area contributed by atoms with Crippen LogP contribution in [0.5, 0.6) is 0 Å². The first-order chi connectivity index (χ1) is 4.61. The van der Waals surface area contributed by atoms with Gasteiger partial charge in [0.2, 0.25) is 0 Å². The van der Waals surface area contributed by atoms with Gasteiger partial charge in [0, 0.05) is 6.20 Å². The van der Waals surface area contributed by atoms with Crippen LogP contribution in [0, 0.1) is 6.92 Å². The average molecular weight is 211 g/mol. The molecule has 1 heterocycles. The van der Waals surface area contributed by atoms with Crippen molar-refractivity contribution in [1.29, 1.82) is 0 Å². The molecule has 1 aromatic rings. The molecule has 0 spiro atoms. The van der Waals surface area contributed by atoms with E-state index in [9.17, 15) is 8.78 Å². The second-order valence-corrected chi connectivity index (χ2v) is 2.59. The van der Waals surface area contributed by atoms with Gasteiger partial charge in [0.1, 0.15) is 11.5 Å². The second kappa shape index (κ2) is 2.65. The Morgan fingerprint density at radius 3 is 2.50 bits per heavy atom. The molecule has 0 unspecified atom stereocenters. The van der Waals surface area contributed by atoms with Crippen molar-refractivity contribution in [1.82, 2.24) is 8.58 Å². The van der Waals surface area contributed by atoms with Crippen LogP contribution in [0.2, 0.25) is 0 Å². The van der Waals surface area contributed by atoms with Gasteiger partial charge in [-0.15, -0.1) is 0 Å². The maximum Gasteiger partial charge on any atom is 0.281 e. The van der Waals surface area contributed by atoms with Gasteiger partial charge in [0.25, 0.3) is 6.43 Å². The third-order valence-electron chi connectivity index (χ3n) is 1.07. The van der Waals surface area contributed by atoms with E-state index in [2.05, 4.69) is 21.1 Å². The van der Waals surface area contributed by atoms with Gasteiger partial charge in [-0.1, -0.05) is 0 Å². The van der Waals surface area contributed by atoms with E-state index in [1.165, 1.54) is 9.79 Å². The molecule has 0 saturated carbocycles. The summed E-state index contributed by atoms with van der Waals surface area (Å²) in [7, 11) is 0. The van der Waals surface area contributed by atoms with Crippen LogP contribution in [-0.2, 0) is 0 Å². The van der Waals surface area contributed by atoms with Gasteiger partial charge in [-0.2, -0.15) is 0 Å². The summed E-state index contributed by atoms with van der Waals surface area (Å²) in [5, 5.41) is 0. The van der Waals surface area contributed by atoms with Crippen LogP contribution < -0.4 is 0 Å².